The van der Waals surface area contributed by atoms with Gasteiger partial charge in [0.15, 0.2) is 0 Å². The van der Waals surface area contributed by atoms with Gasteiger partial charge in [-0.1, -0.05) is 37.3 Å². The fourth-order valence-corrected chi connectivity index (χ4v) is 2.92. The van der Waals surface area contributed by atoms with E-state index in [4.69, 9.17) is 9.15 Å². The summed E-state index contributed by atoms with van der Waals surface area (Å²) in [6, 6.07) is 18.0. The Bertz CT molecular complexity index is 825. The van der Waals surface area contributed by atoms with Crippen molar-refractivity contribution in [3.8, 4) is 17.2 Å². The minimum absolute atomic E-state index is 0.215. The molecule has 0 spiro atoms. The molecular weight excluding hydrogens is 338 g/mol. The molecule has 0 saturated heterocycles. The fraction of sp³-hybridized carbons (Fsp3) is 0.348. The van der Waals surface area contributed by atoms with Crippen LogP contribution in [0.3, 0.4) is 0 Å². The minimum atomic E-state index is -0.215. The zero-order chi connectivity index (χ0) is 19.1. The lowest BCUT2D eigenvalue weighted by atomic mass is 10.1. The van der Waals surface area contributed by atoms with Crippen molar-refractivity contribution < 1.29 is 14.3 Å². The van der Waals surface area contributed by atoms with Gasteiger partial charge in [-0.25, -0.2) is 4.98 Å². The molecule has 142 valence electrons. The van der Waals surface area contributed by atoms with Gasteiger partial charge in [0.05, 0.1) is 18.4 Å². The van der Waals surface area contributed by atoms with E-state index < -0.39 is 0 Å². The van der Waals surface area contributed by atoms with Crippen molar-refractivity contribution in [1.82, 2.24) is 4.98 Å². The molecular formula is C23H27NO3. The smallest absolute Gasteiger partial charge is 0.226 e. The molecule has 4 nitrogen and oxygen atoms in total. The first-order chi connectivity index (χ1) is 13.2. The van der Waals surface area contributed by atoms with Crippen molar-refractivity contribution in [3.63, 3.8) is 0 Å². The quantitative estimate of drug-likeness (QED) is 0.581. The molecule has 0 aliphatic heterocycles. The lowest BCUT2D eigenvalue weighted by Crippen LogP contribution is -2.05. The Morgan fingerprint density at radius 3 is 2.48 bits per heavy atom. The predicted octanol–water partition coefficient (Wildman–Crippen LogP) is 4.98. The Morgan fingerprint density at radius 1 is 1.04 bits per heavy atom. The summed E-state index contributed by atoms with van der Waals surface area (Å²) >= 11 is 0. The summed E-state index contributed by atoms with van der Waals surface area (Å²) in [6.45, 7) is 4.49. The number of rotatable bonds is 9. The number of aliphatic hydroxyl groups is 1. The van der Waals surface area contributed by atoms with Crippen LogP contribution in [0, 0.1) is 6.92 Å². The Morgan fingerprint density at radius 2 is 1.78 bits per heavy atom. The van der Waals surface area contributed by atoms with Crippen LogP contribution >= 0.6 is 0 Å². The SMILES string of the molecule is CCC(O)CCc1ccc(OCCc2nc(-c3ccccc3)oc2C)cc1. The van der Waals surface area contributed by atoms with Gasteiger partial charge in [-0.3, -0.25) is 0 Å². The number of oxazole rings is 1. The third kappa shape index (κ3) is 5.44. The van der Waals surface area contributed by atoms with E-state index in [1.165, 1.54) is 5.56 Å². The Hall–Kier alpha value is -2.59. The first-order valence-corrected chi connectivity index (χ1v) is 9.57. The standard InChI is InChI=1S/C23H27NO3/c1-3-20(25)12-9-18-10-13-21(14-11-18)26-16-15-22-17(2)27-23(24-22)19-7-5-4-6-8-19/h4-8,10-11,13-14,20,25H,3,9,12,15-16H2,1-2H3. The van der Waals surface area contributed by atoms with Gasteiger partial charge in [-0.15, -0.1) is 0 Å². The number of ether oxygens (including phenoxy) is 1. The summed E-state index contributed by atoms with van der Waals surface area (Å²) in [5.41, 5.74) is 3.13. The van der Waals surface area contributed by atoms with Crippen molar-refractivity contribution in [3.05, 3.63) is 71.6 Å². The third-order valence-electron chi connectivity index (χ3n) is 4.68. The molecule has 3 aromatic rings. The summed E-state index contributed by atoms with van der Waals surface area (Å²) < 4.78 is 11.6. The van der Waals surface area contributed by atoms with Gasteiger partial charge in [-0.05, 0) is 56.0 Å². The van der Waals surface area contributed by atoms with Gasteiger partial charge < -0.3 is 14.3 Å². The van der Waals surface area contributed by atoms with Gasteiger partial charge in [0.1, 0.15) is 11.5 Å². The molecule has 0 saturated carbocycles. The van der Waals surface area contributed by atoms with Crippen molar-refractivity contribution in [2.75, 3.05) is 6.61 Å². The Labute approximate surface area is 160 Å². The molecule has 2 aromatic carbocycles. The number of benzene rings is 2. The maximum Gasteiger partial charge on any atom is 0.226 e. The molecule has 1 heterocycles. The average Bonchev–Trinajstić information content (AvgIpc) is 3.08. The molecule has 1 N–H and O–H groups in total. The number of aliphatic hydroxyl groups excluding tert-OH is 1. The lowest BCUT2D eigenvalue weighted by molar-refractivity contribution is 0.160. The summed E-state index contributed by atoms with van der Waals surface area (Å²) in [5, 5.41) is 9.66. The van der Waals surface area contributed by atoms with Crippen LogP contribution < -0.4 is 4.74 Å². The van der Waals surface area contributed by atoms with E-state index in [-0.39, 0.29) is 6.10 Å². The maximum absolute atomic E-state index is 9.66. The maximum atomic E-state index is 9.66. The first-order valence-electron chi connectivity index (χ1n) is 9.57. The second-order valence-corrected chi connectivity index (χ2v) is 6.73. The molecule has 0 bridgehead atoms. The Kier molecular flexibility index (Phi) is 6.66. The molecule has 3 rings (SSSR count). The molecule has 1 unspecified atom stereocenters. The van der Waals surface area contributed by atoms with E-state index in [0.717, 1.165) is 42.0 Å². The van der Waals surface area contributed by atoms with E-state index in [2.05, 4.69) is 17.1 Å². The topological polar surface area (TPSA) is 55.5 Å². The van der Waals surface area contributed by atoms with Gasteiger partial charge in [0, 0.05) is 12.0 Å². The number of aryl methyl sites for hydroxylation is 2. The van der Waals surface area contributed by atoms with E-state index in [9.17, 15) is 5.11 Å². The molecule has 0 fully saturated rings. The monoisotopic (exact) mass is 365 g/mol. The fourth-order valence-electron chi connectivity index (χ4n) is 2.92. The Balaban J connectivity index is 1.50. The highest BCUT2D eigenvalue weighted by Gasteiger charge is 2.11. The van der Waals surface area contributed by atoms with E-state index in [1.807, 2.05) is 56.3 Å². The second kappa shape index (κ2) is 9.38. The van der Waals surface area contributed by atoms with Crippen LogP contribution in [0.25, 0.3) is 11.5 Å². The van der Waals surface area contributed by atoms with E-state index in [1.54, 1.807) is 0 Å². The predicted molar refractivity (Wildman–Crippen MR) is 107 cm³/mol. The van der Waals surface area contributed by atoms with Gasteiger partial charge in [-0.2, -0.15) is 0 Å². The zero-order valence-electron chi connectivity index (χ0n) is 16.0. The van der Waals surface area contributed by atoms with Crippen molar-refractivity contribution in [1.29, 1.82) is 0 Å². The highest BCUT2D eigenvalue weighted by atomic mass is 16.5. The minimum Gasteiger partial charge on any atom is -0.493 e. The van der Waals surface area contributed by atoms with Crippen LogP contribution in [0.5, 0.6) is 5.75 Å². The zero-order valence-corrected chi connectivity index (χ0v) is 16.0. The summed E-state index contributed by atoms with van der Waals surface area (Å²) in [6.07, 6.45) is 2.97. The normalized spacial score (nSPS) is 12.1. The van der Waals surface area contributed by atoms with Gasteiger partial charge in [0.25, 0.3) is 0 Å². The van der Waals surface area contributed by atoms with Crippen molar-refractivity contribution >= 4 is 0 Å². The molecule has 0 amide bonds. The van der Waals surface area contributed by atoms with Crippen LogP contribution in [0.4, 0.5) is 0 Å². The summed E-state index contributed by atoms with van der Waals surface area (Å²) in [5.74, 6) is 2.34. The highest BCUT2D eigenvalue weighted by molar-refractivity contribution is 5.53. The third-order valence-corrected chi connectivity index (χ3v) is 4.68. The largest absolute Gasteiger partial charge is 0.493 e. The van der Waals surface area contributed by atoms with Crippen molar-refractivity contribution in [2.45, 2.75) is 45.6 Å². The van der Waals surface area contributed by atoms with Crippen LogP contribution in [0.1, 0.15) is 36.8 Å². The summed E-state index contributed by atoms with van der Waals surface area (Å²) in [4.78, 5) is 4.60. The number of hydrogen-bond acceptors (Lipinski definition) is 4. The van der Waals surface area contributed by atoms with E-state index in [0.29, 0.717) is 18.9 Å². The lowest BCUT2D eigenvalue weighted by Gasteiger charge is -2.09. The van der Waals surface area contributed by atoms with Crippen LogP contribution in [0.2, 0.25) is 0 Å². The van der Waals surface area contributed by atoms with Crippen LogP contribution in [0.15, 0.2) is 59.0 Å². The number of aromatic nitrogens is 1. The molecule has 4 heteroatoms. The van der Waals surface area contributed by atoms with Crippen molar-refractivity contribution in [2.24, 2.45) is 0 Å². The number of nitrogens with zero attached hydrogens (tertiary/aromatic N) is 1. The van der Waals surface area contributed by atoms with Gasteiger partial charge >= 0.3 is 0 Å². The first kappa shape index (κ1) is 19.2. The molecule has 0 radical (unpaired) electrons. The van der Waals surface area contributed by atoms with Crippen LogP contribution in [-0.4, -0.2) is 22.8 Å². The van der Waals surface area contributed by atoms with Crippen LogP contribution in [-0.2, 0) is 12.8 Å². The van der Waals surface area contributed by atoms with E-state index >= 15 is 0 Å². The highest BCUT2D eigenvalue weighted by Crippen LogP contribution is 2.22. The number of hydrogen-bond donors (Lipinski definition) is 1. The van der Waals surface area contributed by atoms with Gasteiger partial charge in [0.2, 0.25) is 5.89 Å². The molecule has 1 atom stereocenters. The molecule has 0 aliphatic rings. The second-order valence-electron chi connectivity index (χ2n) is 6.73. The molecule has 0 aliphatic carbocycles. The molecule has 1 aromatic heterocycles. The summed E-state index contributed by atoms with van der Waals surface area (Å²) in [7, 11) is 0. The molecule has 27 heavy (non-hydrogen) atoms. The average molecular weight is 365 g/mol.